The lowest BCUT2D eigenvalue weighted by Gasteiger charge is -2.07. The van der Waals surface area contributed by atoms with E-state index in [1.54, 1.807) is 60.7 Å². The van der Waals surface area contributed by atoms with Crippen LogP contribution in [0.2, 0.25) is 5.02 Å². The molecule has 0 radical (unpaired) electrons. The summed E-state index contributed by atoms with van der Waals surface area (Å²) >= 11 is 9.25. The van der Waals surface area contributed by atoms with Gasteiger partial charge in [0.15, 0.2) is 11.5 Å². The summed E-state index contributed by atoms with van der Waals surface area (Å²) in [4.78, 5) is 24.6. The molecule has 3 aromatic rings. The van der Waals surface area contributed by atoms with Crippen molar-refractivity contribution >= 4 is 51.2 Å². The number of amides is 2. The molecule has 0 aromatic heterocycles. The van der Waals surface area contributed by atoms with Crippen molar-refractivity contribution in [3.8, 4) is 11.5 Å². The number of hydrazone groups is 1. The molecule has 2 amide bonds. The number of hydrogen-bond acceptors (Lipinski definition) is 5. The van der Waals surface area contributed by atoms with Gasteiger partial charge in [-0.2, -0.15) is 5.10 Å². The van der Waals surface area contributed by atoms with E-state index in [0.717, 1.165) is 0 Å². The number of carbonyl (C=O) groups is 2. The first-order chi connectivity index (χ1) is 14.9. The molecule has 3 N–H and O–H groups in total. The van der Waals surface area contributed by atoms with E-state index in [4.69, 9.17) is 16.3 Å². The minimum Gasteiger partial charge on any atom is -0.503 e. The van der Waals surface area contributed by atoms with Gasteiger partial charge in [-0.05, 0) is 70.0 Å². The monoisotopic (exact) mass is 501 g/mol. The summed E-state index contributed by atoms with van der Waals surface area (Å²) in [5.41, 5.74) is 4.27. The van der Waals surface area contributed by atoms with Crippen molar-refractivity contribution in [2.75, 3.05) is 12.4 Å². The molecule has 0 aliphatic rings. The van der Waals surface area contributed by atoms with Crippen molar-refractivity contribution in [2.45, 2.75) is 0 Å². The van der Waals surface area contributed by atoms with Gasteiger partial charge >= 0.3 is 0 Å². The highest BCUT2D eigenvalue weighted by Gasteiger charge is 2.11. The van der Waals surface area contributed by atoms with E-state index in [9.17, 15) is 14.7 Å². The maximum absolute atomic E-state index is 12.3. The number of rotatable bonds is 6. The number of nitrogens with one attached hydrogen (secondary N) is 2. The minimum atomic E-state index is -0.426. The van der Waals surface area contributed by atoms with Gasteiger partial charge in [0.2, 0.25) is 0 Å². The lowest BCUT2D eigenvalue weighted by atomic mass is 10.1. The van der Waals surface area contributed by atoms with Crippen molar-refractivity contribution in [1.29, 1.82) is 0 Å². The average Bonchev–Trinajstić information content (AvgIpc) is 2.76. The van der Waals surface area contributed by atoms with Crippen molar-refractivity contribution in [3.63, 3.8) is 0 Å². The van der Waals surface area contributed by atoms with E-state index in [0.29, 0.717) is 31.9 Å². The van der Waals surface area contributed by atoms with E-state index >= 15 is 0 Å². The largest absolute Gasteiger partial charge is 0.503 e. The molecule has 9 heteroatoms. The van der Waals surface area contributed by atoms with Crippen molar-refractivity contribution < 1.29 is 19.4 Å². The van der Waals surface area contributed by atoms with Crippen LogP contribution < -0.4 is 15.5 Å². The summed E-state index contributed by atoms with van der Waals surface area (Å²) in [7, 11) is 1.44. The van der Waals surface area contributed by atoms with E-state index in [2.05, 4.69) is 31.8 Å². The average molecular weight is 503 g/mol. The third kappa shape index (κ3) is 5.62. The standard InChI is InChI=1S/C22H17BrClN3O4/c1-31-19-11-13(10-17(23)20(19)28)12-25-27-21(29)14-6-8-15(9-7-14)26-22(30)16-4-2-3-5-18(16)24/h2-12,28H,1H3,(H,26,30)(H,27,29)/b25-12+. The molecule has 0 bridgehead atoms. The number of hydrogen-bond donors (Lipinski definition) is 3. The van der Waals surface area contributed by atoms with Gasteiger partial charge in [-0.25, -0.2) is 5.43 Å². The topological polar surface area (TPSA) is 100 Å². The van der Waals surface area contributed by atoms with Crippen LogP contribution in [-0.2, 0) is 0 Å². The van der Waals surface area contributed by atoms with E-state index in [-0.39, 0.29) is 17.4 Å². The zero-order chi connectivity index (χ0) is 22.4. The normalized spacial score (nSPS) is 10.7. The molecule has 7 nitrogen and oxygen atoms in total. The number of aromatic hydroxyl groups is 1. The molecular weight excluding hydrogens is 486 g/mol. The number of anilines is 1. The van der Waals surface area contributed by atoms with E-state index in [1.807, 2.05) is 0 Å². The summed E-state index contributed by atoms with van der Waals surface area (Å²) < 4.78 is 5.51. The third-order valence-electron chi connectivity index (χ3n) is 4.17. The van der Waals surface area contributed by atoms with Gasteiger partial charge in [-0.3, -0.25) is 9.59 Å². The van der Waals surface area contributed by atoms with Gasteiger partial charge in [0.25, 0.3) is 11.8 Å². The molecule has 0 atom stereocenters. The van der Waals surface area contributed by atoms with Gasteiger partial charge in [-0.15, -0.1) is 0 Å². The SMILES string of the molecule is COc1cc(/C=N/NC(=O)c2ccc(NC(=O)c3ccccc3Cl)cc2)cc(Br)c1O. The second-order valence-corrected chi connectivity index (χ2v) is 7.53. The quantitative estimate of drug-likeness (QED) is 0.332. The summed E-state index contributed by atoms with van der Waals surface area (Å²) in [5, 5.41) is 16.8. The first-order valence-corrected chi connectivity index (χ1v) is 10.1. The molecule has 0 saturated heterocycles. The molecule has 0 heterocycles. The van der Waals surface area contributed by atoms with E-state index in [1.165, 1.54) is 13.3 Å². The van der Waals surface area contributed by atoms with Crippen LogP contribution in [0.3, 0.4) is 0 Å². The summed E-state index contributed by atoms with van der Waals surface area (Å²) in [6.07, 6.45) is 1.42. The summed E-state index contributed by atoms with van der Waals surface area (Å²) in [5.74, 6) is -0.519. The number of halogens is 2. The molecule has 0 unspecified atom stereocenters. The van der Waals surface area contributed by atoms with Crippen LogP contribution in [-0.4, -0.2) is 30.2 Å². The lowest BCUT2D eigenvalue weighted by Crippen LogP contribution is -2.18. The summed E-state index contributed by atoms with van der Waals surface area (Å²) in [6.45, 7) is 0. The van der Waals surface area contributed by atoms with Gasteiger partial charge < -0.3 is 15.2 Å². The van der Waals surface area contributed by atoms with Crippen LogP contribution in [0, 0.1) is 0 Å². The third-order valence-corrected chi connectivity index (χ3v) is 5.11. The molecule has 158 valence electrons. The Hall–Kier alpha value is -3.36. The zero-order valence-electron chi connectivity index (χ0n) is 16.2. The van der Waals surface area contributed by atoms with Crippen molar-refractivity contribution in [3.05, 3.63) is 86.8 Å². The predicted octanol–water partition coefficient (Wildman–Crippen LogP) is 4.83. The number of methoxy groups -OCH3 is 1. The Morgan fingerprint density at radius 3 is 2.48 bits per heavy atom. The van der Waals surface area contributed by atoms with Crippen LogP contribution >= 0.6 is 27.5 Å². The number of phenolic OH excluding ortho intramolecular Hbond substituents is 1. The Bertz CT molecular complexity index is 1150. The lowest BCUT2D eigenvalue weighted by molar-refractivity contribution is 0.0954. The molecule has 31 heavy (non-hydrogen) atoms. The number of benzene rings is 3. The van der Waals surface area contributed by atoms with Crippen LogP contribution in [0.1, 0.15) is 26.3 Å². The Morgan fingerprint density at radius 1 is 1.10 bits per heavy atom. The predicted molar refractivity (Wildman–Crippen MR) is 123 cm³/mol. The highest BCUT2D eigenvalue weighted by atomic mass is 79.9. The van der Waals surface area contributed by atoms with Gasteiger partial charge in [0.1, 0.15) is 0 Å². The van der Waals surface area contributed by atoms with Gasteiger partial charge in [0.05, 0.1) is 28.4 Å². The first kappa shape index (κ1) is 22.3. The van der Waals surface area contributed by atoms with Crippen LogP contribution in [0.5, 0.6) is 11.5 Å². The molecule has 0 saturated carbocycles. The van der Waals surface area contributed by atoms with Crippen molar-refractivity contribution in [2.24, 2.45) is 5.10 Å². The highest BCUT2D eigenvalue weighted by Crippen LogP contribution is 2.34. The number of carbonyl (C=O) groups excluding carboxylic acids is 2. The maximum Gasteiger partial charge on any atom is 0.271 e. The van der Waals surface area contributed by atoms with Crippen LogP contribution in [0.15, 0.2) is 70.2 Å². The Kier molecular flexibility index (Phi) is 7.28. The second-order valence-electron chi connectivity index (χ2n) is 6.26. The fourth-order valence-electron chi connectivity index (χ4n) is 2.60. The molecule has 0 aliphatic heterocycles. The van der Waals surface area contributed by atoms with Gasteiger partial charge in [-0.1, -0.05) is 23.7 Å². The molecule has 3 aromatic carbocycles. The summed E-state index contributed by atoms with van der Waals surface area (Å²) in [6, 6.07) is 16.3. The Balaban J connectivity index is 1.62. The van der Waals surface area contributed by atoms with Crippen molar-refractivity contribution in [1.82, 2.24) is 5.43 Å². The Labute approximate surface area is 191 Å². The second kappa shape index (κ2) is 10.1. The fraction of sp³-hybridized carbons (Fsp3) is 0.0455. The minimum absolute atomic E-state index is 0.0228. The fourth-order valence-corrected chi connectivity index (χ4v) is 3.28. The number of phenols is 1. The highest BCUT2D eigenvalue weighted by molar-refractivity contribution is 9.10. The Morgan fingerprint density at radius 2 is 1.81 bits per heavy atom. The molecule has 0 fully saturated rings. The maximum atomic E-state index is 12.3. The van der Waals surface area contributed by atoms with Crippen LogP contribution in [0.4, 0.5) is 5.69 Å². The zero-order valence-corrected chi connectivity index (χ0v) is 18.6. The van der Waals surface area contributed by atoms with Crippen LogP contribution in [0.25, 0.3) is 0 Å². The molecule has 3 rings (SSSR count). The molecule has 0 spiro atoms. The number of nitrogens with zero attached hydrogens (tertiary/aromatic N) is 1. The molecular formula is C22H17BrClN3O4. The smallest absolute Gasteiger partial charge is 0.271 e. The number of ether oxygens (including phenoxy) is 1. The first-order valence-electron chi connectivity index (χ1n) is 8.95. The van der Waals surface area contributed by atoms with Gasteiger partial charge in [0, 0.05) is 11.3 Å². The van der Waals surface area contributed by atoms with E-state index < -0.39 is 5.91 Å². The molecule has 0 aliphatic carbocycles.